The minimum Gasteiger partial charge on any atom is -0.397 e. The van der Waals surface area contributed by atoms with Gasteiger partial charge in [-0.2, -0.15) is 0 Å². The molecule has 3 nitrogen and oxygen atoms in total. The number of halogens is 1. The summed E-state index contributed by atoms with van der Waals surface area (Å²) in [6.07, 6.45) is 3.00. The molecule has 0 radical (unpaired) electrons. The van der Waals surface area contributed by atoms with E-state index in [1.165, 1.54) is 28.2 Å². The summed E-state index contributed by atoms with van der Waals surface area (Å²) in [6, 6.07) is 11.5. The number of nitrogens with zero attached hydrogens (tertiary/aromatic N) is 1. The van der Waals surface area contributed by atoms with Crippen molar-refractivity contribution in [3.63, 3.8) is 0 Å². The Bertz CT molecular complexity index is 1190. The Labute approximate surface area is 169 Å². The summed E-state index contributed by atoms with van der Waals surface area (Å²) in [5.74, 6) is -0.0317. The number of aromatic nitrogens is 1. The Morgan fingerprint density at radius 1 is 1.15 bits per heavy atom. The first kappa shape index (κ1) is 16.9. The van der Waals surface area contributed by atoms with Crippen molar-refractivity contribution in [2.24, 2.45) is 0 Å². The van der Waals surface area contributed by atoms with E-state index in [1.807, 2.05) is 41.8 Å². The molecule has 0 atom stereocenters. The van der Waals surface area contributed by atoms with Gasteiger partial charge in [-0.15, -0.1) is 22.7 Å². The van der Waals surface area contributed by atoms with E-state index in [-0.39, 0.29) is 5.78 Å². The third-order valence-electron chi connectivity index (χ3n) is 5.00. The van der Waals surface area contributed by atoms with Gasteiger partial charge in [-0.05, 0) is 42.3 Å². The van der Waals surface area contributed by atoms with E-state index in [2.05, 4.69) is 0 Å². The summed E-state index contributed by atoms with van der Waals surface area (Å²) in [7, 11) is 0. The smallest absolute Gasteiger partial charge is 0.215 e. The number of anilines is 1. The van der Waals surface area contributed by atoms with E-state index in [0.29, 0.717) is 20.5 Å². The van der Waals surface area contributed by atoms with E-state index in [9.17, 15) is 4.79 Å². The van der Waals surface area contributed by atoms with Gasteiger partial charge in [0.05, 0.1) is 10.6 Å². The second-order valence-electron chi connectivity index (χ2n) is 6.58. The molecular weight excluding hydrogens is 396 g/mol. The number of benzene rings is 1. The molecule has 3 aromatic heterocycles. The molecule has 1 aliphatic carbocycles. The van der Waals surface area contributed by atoms with Gasteiger partial charge < -0.3 is 5.73 Å². The number of rotatable bonds is 3. The first-order chi connectivity index (χ1) is 13.1. The van der Waals surface area contributed by atoms with E-state index in [4.69, 9.17) is 22.3 Å². The SMILES string of the molecule is Nc1c(C(=O)c2cccs2)sc2nc3c(c(-c4ccccc4Cl)c12)CCC3. The van der Waals surface area contributed by atoms with Gasteiger partial charge in [-0.3, -0.25) is 4.79 Å². The van der Waals surface area contributed by atoms with E-state index in [1.54, 1.807) is 0 Å². The van der Waals surface area contributed by atoms with Crippen LogP contribution in [0.4, 0.5) is 5.69 Å². The highest BCUT2D eigenvalue weighted by Gasteiger charge is 2.27. The fraction of sp³-hybridized carbons (Fsp3) is 0.143. The zero-order valence-corrected chi connectivity index (χ0v) is 16.7. The third kappa shape index (κ3) is 2.61. The highest BCUT2D eigenvalue weighted by Crippen LogP contribution is 2.46. The summed E-state index contributed by atoms with van der Waals surface area (Å²) in [6.45, 7) is 0. The Morgan fingerprint density at radius 3 is 2.78 bits per heavy atom. The highest BCUT2D eigenvalue weighted by atomic mass is 35.5. The number of hydrogen-bond donors (Lipinski definition) is 1. The third-order valence-corrected chi connectivity index (χ3v) is 7.29. The number of nitrogen functional groups attached to an aromatic ring is 1. The lowest BCUT2D eigenvalue weighted by atomic mass is 9.95. The average Bonchev–Trinajstić information content (AvgIpc) is 3.40. The number of hydrogen-bond acceptors (Lipinski definition) is 5. The van der Waals surface area contributed by atoms with Gasteiger partial charge in [0.2, 0.25) is 5.78 Å². The first-order valence-corrected chi connectivity index (χ1v) is 10.8. The zero-order valence-electron chi connectivity index (χ0n) is 14.3. The molecule has 5 rings (SSSR count). The maximum Gasteiger partial charge on any atom is 0.215 e. The number of pyridine rings is 1. The molecule has 3 heterocycles. The van der Waals surface area contributed by atoms with Gasteiger partial charge >= 0.3 is 0 Å². The maximum absolute atomic E-state index is 13.0. The molecule has 134 valence electrons. The van der Waals surface area contributed by atoms with Crippen molar-refractivity contribution in [3.05, 3.63) is 67.8 Å². The van der Waals surface area contributed by atoms with Gasteiger partial charge in [0.25, 0.3) is 0 Å². The number of aryl methyl sites for hydroxylation is 1. The Morgan fingerprint density at radius 2 is 2.00 bits per heavy atom. The summed E-state index contributed by atoms with van der Waals surface area (Å²) in [4.78, 5) is 19.9. The molecular formula is C21H15ClN2OS2. The predicted molar refractivity (Wildman–Crippen MR) is 114 cm³/mol. The number of carbonyl (C=O) groups is 1. The second-order valence-corrected chi connectivity index (χ2v) is 8.93. The summed E-state index contributed by atoms with van der Waals surface area (Å²) in [5, 5.41) is 3.46. The lowest BCUT2D eigenvalue weighted by Crippen LogP contribution is -2.00. The molecule has 4 aromatic rings. The molecule has 1 aromatic carbocycles. The van der Waals surface area contributed by atoms with Crippen LogP contribution in [0.3, 0.4) is 0 Å². The molecule has 0 unspecified atom stereocenters. The lowest BCUT2D eigenvalue weighted by molar-refractivity contribution is 0.104. The van der Waals surface area contributed by atoms with Crippen LogP contribution in [0.1, 0.15) is 32.2 Å². The summed E-state index contributed by atoms with van der Waals surface area (Å²) in [5.41, 5.74) is 11.4. The van der Waals surface area contributed by atoms with Crippen molar-refractivity contribution in [3.8, 4) is 11.1 Å². The van der Waals surface area contributed by atoms with Crippen molar-refractivity contribution in [2.45, 2.75) is 19.3 Å². The van der Waals surface area contributed by atoms with Crippen LogP contribution >= 0.6 is 34.3 Å². The van der Waals surface area contributed by atoms with Crippen LogP contribution in [0.5, 0.6) is 0 Å². The standard InChI is InChI=1S/C21H15ClN2OS2/c22-13-7-2-1-5-11(13)16-12-6-3-8-14(12)24-21-17(16)18(23)20(27-21)19(25)15-9-4-10-26-15/h1-2,4-5,7,9-10H,3,6,8,23H2. The second kappa shape index (κ2) is 6.44. The van der Waals surface area contributed by atoms with Gasteiger partial charge in [-0.1, -0.05) is 35.9 Å². The Hall–Kier alpha value is -2.21. The number of carbonyl (C=O) groups excluding carboxylic acids is 1. The van der Waals surface area contributed by atoms with E-state index in [0.717, 1.165) is 46.3 Å². The molecule has 0 spiro atoms. The topological polar surface area (TPSA) is 56.0 Å². The maximum atomic E-state index is 13.0. The minimum atomic E-state index is -0.0317. The molecule has 0 amide bonds. The van der Waals surface area contributed by atoms with Crippen molar-refractivity contribution in [2.75, 3.05) is 5.73 Å². The molecule has 0 saturated heterocycles. The van der Waals surface area contributed by atoms with Gasteiger partial charge in [0.1, 0.15) is 9.71 Å². The van der Waals surface area contributed by atoms with Crippen molar-refractivity contribution < 1.29 is 4.79 Å². The summed E-state index contributed by atoms with van der Waals surface area (Å²) < 4.78 is 0. The lowest BCUT2D eigenvalue weighted by Gasteiger charge is -2.12. The van der Waals surface area contributed by atoms with Crippen LogP contribution in [0.25, 0.3) is 21.3 Å². The predicted octanol–water partition coefficient (Wildman–Crippen LogP) is 5.98. The van der Waals surface area contributed by atoms with Crippen molar-refractivity contribution in [1.29, 1.82) is 0 Å². The van der Waals surface area contributed by atoms with E-state index >= 15 is 0 Å². The first-order valence-electron chi connectivity index (χ1n) is 8.72. The Balaban J connectivity index is 1.83. The van der Waals surface area contributed by atoms with E-state index < -0.39 is 0 Å². The van der Waals surface area contributed by atoms with Crippen LogP contribution < -0.4 is 5.73 Å². The van der Waals surface area contributed by atoms with Crippen LogP contribution in [-0.2, 0) is 12.8 Å². The van der Waals surface area contributed by atoms with Crippen LogP contribution in [-0.4, -0.2) is 10.8 Å². The molecule has 0 saturated carbocycles. The van der Waals surface area contributed by atoms with Gasteiger partial charge in [0.15, 0.2) is 0 Å². The number of fused-ring (bicyclic) bond motifs is 2. The largest absolute Gasteiger partial charge is 0.397 e. The molecule has 2 N–H and O–H groups in total. The molecule has 0 bridgehead atoms. The monoisotopic (exact) mass is 410 g/mol. The van der Waals surface area contributed by atoms with Crippen molar-refractivity contribution in [1.82, 2.24) is 4.98 Å². The van der Waals surface area contributed by atoms with Crippen molar-refractivity contribution >= 4 is 56.0 Å². The normalized spacial score (nSPS) is 13.2. The van der Waals surface area contributed by atoms with Gasteiger partial charge in [0, 0.05) is 27.2 Å². The molecule has 27 heavy (non-hydrogen) atoms. The average molecular weight is 411 g/mol. The zero-order chi connectivity index (χ0) is 18.5. The molecule has 0 fully saturated rings. The minimum absolute atomic E-state index is 0.0317. The highest BCUT2D eigenvalue weighted by molar-refractivity contribution is 7.22. The Kier molecular flexibility index (Phi) is 4.04. The number of thiophene rings is 2. The molecule has 0 aliphatic heterocycles. The molecule has 6 heteroatoms. The van der Waals surface area contributed by atoms with Crippen LogP contribution in [0.15, 0.2) is 41.8 Å². The number of nitrogens with two attached hydrogens (primary N) is 1. The fourth-order valence-corrected chi connectivity index (χ4v) is 5.84. The van der Waals surface area contributed by atoms with Gasteiger partial charge in [-0.25, -0.2) is 4.98 Å². The summed E-state index contributed by atoms with van der Waals surface area (Å²) >= 11 is 9.36. The molecule has 1 aliphatic rings. The van der Waals surface area contributed by atoms with Crippen LogP contribution in [0, 0.1) is 0 Å². The van der Waals surface area contributed by atoms with Crippen LogP contribution in [0.2, 0.25) is 5.02 Å². The quantitative estimate of drug-likeness (QED) is 0.422. The number of ketones is 1. The fourth-order valence-electron chi connectivity index (χ4n) is 3.80.